The lowest BCUT2D eigenvalue weighted by atomic mass is 10.0. The summed E-state index contributed by atoms with van der Waals surface area (Å²) in [5.41, 5.74) is 0.207. The Bertz CT molecular complexity index is 580. The van der Waals surface area contributed by atoms with Crippen molar-refractivity contribution >= 4 is 12.1 Å². The minimum absolute atomic E-state index is 0.0766. The highest BCUT2D eigenvalue weighted by atomic mass is 16.6. The van der Waals surface area contributed by atoms with Crippen molar-refractivity contribution in [2.75, 3.05) is 13.2 Å². The van der Waals surface area contributed by atoms with Crippen LogP contribution in [0.25, 0.3) is 0 Å². The summed E-state index contributed by atoms with van der Waals surface area (Å²) < 4.78 is 11.0. The number of aliphatic hydroxyl groups is 1. The van der Waals surface area contributed by atoms with E-state index in [1.807, 2.05) is 44.2 Å². The summed E-state index contributed by atoms with van der Waals surface area (Å²) >= 11 is 0. The zero-order valence-electron chi connectivity index (χ0n) is 17.1. The van der Waals surface area contributed by atoms with Gasteiger partial charge in [0.05, 0.1) is 0 Å². The van der Waals surface area contributed by atoms with E-state index in [9.17, 15) is 14.7 Å². The van der Waals surface area contributed by atoms with E-state index in [-0.39, 0.29) is 25.7 Å². The number of aliphatic hydroxyl groups excluding tert-OH is 1. The average Bonchev–Trinajstić information content (AvgIpc) is 2.58. The van der Waals surface area contributed by atoms with Crippen molar-refractivity contribution in [3.05, 3.63) is 35.9 Å². The largest absolute Gasteiger partial charge is 0.459 e. The van der Waals surface area contributed by atoms with Crippen LogP contribution in [0.3, 0.4) is 0 Å². The van der Waals surface area contributed by atoms with Gasteiger partial charge in [-0.15, -0.1) is 0 Å². The molecule has 0 fully saturated rings. The molecule has 0 aliphatic carbocycles. The van der Waals surface area contributed by atoms with Crippen LogP contribution in [0, 0.1) is 5.92 Å². The Labute approximate surface area is 162 Å². The molecule has 0 saturated heterocycles. The van der Waals surface area contributed by atoms with E-state index in [1.165, 1.54) is 4.90 Å². The van der Waals surface area contributed by atoms with Gasteiger partial charge < -0.3 is 14.6 Å². The molecule has 1 rings (SSSR count). The molecule has 0 aromatic heterocycles. The molecular formula is C21H33NO5. The highest BCUT2D eigenvalue weighted by Crippen LogP contribution is 2.19. The number of rotatable bonds is 9. The van der Waals surface area contributed by atoms with Crippen LogP contribution in [0.2, 0.25) is 0 Å². The Hall–Kier alpha value is -2.08. The summed E-state index contributed by atoms with van der Waals surface area (Å²) in [6.07, 6.45) is 0.247. The van der Waals surface area contributed by atoms with Crippen LogP contribution in [0.15, 0.2) is 30.3 Å². The molecular weight excluding hydrogens is 346 g/mol. The molecule has 0 spiro atoms. The monoisotopic (exact) mass is 379 g/mol. The molecule has 27 heavy (non-hydrogen) atoms. The van der Waals surface area contributed by atoms with E-state index in [4.69, 9.17) is 9.47 Å². The highest BCUT2D eigenvalue weighted by Gasteiger charge is 2.34. The maximum absolute atomic E-state index is 12.8. The van der Waals surface area contributed by atoms with Crippen molar-refractivity contribution in [1.82, 2.24) is 4.90 Å². The third-order valence-electron chi connectivity index (χ3n) is 3.75. The van der Waals surface area contributed by atoms with Gasteiger partial charge in [0.2, 0.25) is 0 Å². The standard InChI is InChI=1S/C21H33NO5/c1-16(2)14-18(19(24)26-15-17-10-7-6-8-11-17)22(12-9-13-23)20(25)27-21(3,4)5/h6-8,10-11,16,18,23H,9,12-15H2,1-5H3. The van der Waals surface area contributed by atoms with Crippen LogP contribution in [-0.4, -0.2) is 46.9 Å². The summed E-state index contributed by atoms with van der Waals surface area (Å²) in [6, 6.07) is 8.65. The Morgan fingerprint density at radius 3 is 2.30 bits per heavy atom. The lowest BCUT2D eigenvalue weighted by Gasteiger charge is -2.33. The normalized spacial score (nSPS) is 12.6. The first-order valence-electron chi connectivity index (χ1n) is 9.45. The van der Waals surface area contributed by atoms with Crippen LogP contribution in [0.5, 0.6) is 0 Å². The Morgan fingerprint density at radius 1 is 1.15 bits per heavy atom. The van der Waals surface area contributed by atoms with Gasteiger partial charge in [0.15, 0.2) is 0 Å². The molecule has 1 aromatic carbocycles. The molecule has 0 aliphatic rings. The van der Waals surface area contributed by atoms with Crippen LogP contribution < -0.4 is 0 Å². The molecule has 6 heteroatoms. The van der Waals surface area contributed by atoms with Crippen molar-refractivity contribution in [2.45, 2.75) is 65.7 Å². The van der Waals surface area contributed by atoms with E-state index >= 15 is 0 Å². The molecule has 1 atom stereocenters. The van der Waals surface area contributed by atoms with Crippen molar-refractivity contribution in [2.24, 2.45) is 5.92 Å². The number of hydrogen-bond donors (Lipinski definition) is 1. The predicted octanol–water partition coefficient (Wildman–Crippen LogP) is 3.76. The average molecular weight is 379 g/mol. The second-order valence-electron chi connectivity index (χ2n) is 7.99. The number of esters is 1. The van der Waals surface area contributed by atoms with Gasteiger partial charge in [-0.1, -0.05) is 44.2 Å². The molecule has 0 radical (unpaired) electrons. The maximum Gasteiger partial charge on any atom is 0.411 e. The number of nitrogens with zero attached hydrogens (tertiary/aromatic N) is 1. The van der Waals surface area contributed by atoms with Gasteiger partial charge in [-0.05, 0) is 45.1 Å². The predicted molar refractivity (Wildman–Crippen MR) is 104 cm³/mol. The third kappa shape index (κ3) is 8.91. The molecule has 1 N–H and O–H groups in total. The van der Waals surface area contributed by atoms with Gasteiger partial charge in [-0.25, -0.2) is 9.59 Å². The summed E-state index contributed by atoms with van der Waals surface area (Å²) in [5.74, 6) is -0.283. The van der Waals surface area contributed by atoms with Gasteiger partial charge in [-0.2, -0.15) is 0 Å². The Balaban J connectivity index is 2.94. The van der Waals surface area contributed by atoms with Crippen molar-refractivity contribution in [1.29, 1.82) is 0 Å². The van der Waals surface area contributed by atoms with Crippen molar-refractivity contribution in [3.63, 3.8) is 0 Å². The summed E-state index contributed by atoms with van der Waals surface area (Å²) in [5, 5.41) is 9.19. The van der Waals surface area contributed by atoms with E-state index in [2.05, 4.69) is 0 Å². The van der Waals surface area contributed by atoms with Crippen LogP contribution >= 0.6 is 0 Å². The first-order valence-corrected chi connectivity index (χ1v) is 9.45. The molecule has 6 nitrogen and oxygen atoms in total. The summed E-state index contributed by atoms with van der Waals surface area (Å²) in [7, 11) is 0. The third-order valence-corrected chi connectivity index (χ3v) is 3.75. The fourth-order valence-electron chi connectivity index (χ4n) is 2.56. The number of carbonyl (C=O) groups excluding carboxylic acids is 2. The number of hydrogen-bond acceptors (Lipinski definition) is 5. The summed E-state index contributed by atoms with van der Waals surface area (Å²) in [4.78, 5) is 26.9. The molecule has 0 saturated carbocycles. The van der Waals surface area contributed by atoms with Crippen molar-refractivity contribution < 1.29 is 24.2 Å². The fraction of sp³-hybridized carbons (Fsp3) is 0.619. The highest BCUT2D eigenvalue weighted by molar-refractivity contribution is 5.81. The van der Waals surface area contributed by atoms with Gasteiger partial charge in [0, 0.05) is 13.2 Å². The smallest absolute Gasteiger partial charge is 0.411 e. The minimum Gasteiger partial charge on any atom is -0.459 e. The molecule has 0 aliphatic heterocycles. The fourth-order valence-corrected chi connectivity index (χ4v) is 2.56. The van der Waals surface area contributed by atoms with E-state index in [0.717, 1.165) is 5.56 Å². The van der Waals surface area contributed by atoms with Gasteiger partial charge in [0.25, 0.3) is 0 Å². The van der Waals surface area contributed by atoms with Gasteiger partial charge in [0.1, 0.15) is 18.2 Å². The Kier molecular flexibility index (Phi) is 9.29. The zero-order valence-corrected chi connectivity index (χ0v) is 17.1. The zero-order chi connectivity index (χ0) is 20.4. The quantitative estimate of drug-likeness (QED) is 0.661. The first-order chi connectivity index (χ1) is 12.6. The van der Waals surface area contributed by atoms with Crippen LogP contribution in [-0.2, 0) is 20.9 Å². The van der Waals surface area contributed by atoms with Gasteiger partial charge >= 0.3 is 12.1 Å². The van der Waals surface area contributed by atoms with Crippen molar-refractivity contribution in [3.8, 4) is 0 Å². The molecule has 1 unspecified atom stereocenters. The maximum atomic E-state index is 12.8. The first kappa shape index (κ1) is 23.0. The topological polar surface area (TPSA) is 76.1 Å². The lowest BCUT2D eigenvalue weighted by molar-refractivity contribution is -0.152. The number of amides is 1. The lowest BCUT2D eigenvalue weighted by Crippen LogP contribution is -2.49. The molecule has 0 heterocycles. The minimum atomic E-state index is -0.755. The molecule has 152 valence electrons. The number of ether oxygens (including phenoxy) is 2. The second kappa shape index (κ2) is 10.9. The van der Waals surface area contributed by atoms with E-state index in [0.29, 0.717) is 12.8 Å². The van der Waals surface area contributed by atoms with Crippen LogP contribution in [0.4, 0.5) is 4.79 Å². The SMILES string of the molecule is CC(C)CC(C(=O)OCc1ccccc1)N(CCCO)C(=O)OC(C)(C)C. The Morgan fingerprint density at radius 2 is 1.78 bits per heavy atom. The molecule has 0 bridgehead atoms. The van der Waals surface area contributed by atoms with Crippen LogP contribution in [0.1, 0.15) is 53.0 Å². The number of carbonyl (C=O) groups is 2. The van der Waals surface area contributed by atoms with E-state index in [1.54, 1.807) is 20.8 Å². The van der Waals surface area contributed by atoms with Gasteiger partial charge in [-0.3, -0.25) is 4.90 Å². The molecule has 1 aromatic rings. The second-order valence-corrected chi connectivity index (χ2v) is 7.99. The number of benzene rings is 1. The summed E-state index contributed by atoms with van der Waals surface area (Å²) in [6.45, 7) is 9.60. The molecule has 1 amide bonds. The van der Waals surface area contributed by atoms with E-state index < -0.39 is 23.7 Å².